The summed E-state index contributed by atoms with van der Waals surface area (Å²) in [7, 11) is 1.56. The summed E-state index contributed by atoms with van der Waals surface area (Å²) in [5.74, 6) is 0.576. The summed E-state index contributed by atoms with van der Waals surface area (Å²) in [5, 5.41) is 3.95. The average molecular weight is 417 g/mol. The van der Waals surface area contributed by atoms with E-state index in [1.54, 1.807) is 20.1 Å². The van der Waals surface area contributed by atoms with Crippen molar-refractivity contribution in [1.82, 2.24) is 4.98 Å². The number of halogens is 3. The molecule has 30 heavy (non-hydrogen) atoms. The lowest BCUT2D eigenvalue weighted by Crippen LogP contribution is -2.18. The highest BCUT2D eigenvalue weighted by Gasteiger charge is 2.34. The minimum Gasteiger partial charge on any atom is -0.496 e. The van der Waals surface area contributed by atoms with Crippen LogP contribution in [0.25, 0.3) is 22.0 Å². The highest BCUT2D eigenvalue weighted by Crippen LogP contribution is 2.43. The zero-order valence-corrected chi connectivity index (χ0v) is 17.3. The van der Waals surface area contributed by atoms with E-state index in [4.69, 9.17) is 10.5 Å². The first kappa shape index (κ1) is 21.9. The van der Waals surface area contributed by atoms with E-state index < -0.39 is 11.9 Å². The van der Waals surface area contributed by atoms with Gasteiger partial charge in [0.05, 0.1) is 18.3 Å². The molecule has 1 atom stereocenters. The predicted octanol–water partition coefficient (Wildman–Crippen LogP) is 5.78. The van der Waals surface area contributed by atoms with Gasteiger partial charge in [-0.1, -0.05) is 30.3 Å². The van der Waals surface area contributed by atoms with Crippen molar-refractivity contribution in [2.24, 2.45) is 5.73 Å². The van der Waals surface area contributed by atoms with Crippen LogP contribution in [0.3, 0.4) is 0 Å². The largest absolute Gasteiger partial charge is 0.496 e. The lowest BCUT2D eigenvalue weighted by atomic mass is 9.94. The first-order valence-electron chi connectivity index (χ1n) is 9.87. The minimum absolute atomic E-state index is 0.0145. The number of alkyl halides is 3. The van der Waals surface area contributed by atoms with Gasteiger partial charge in [-0.05, 0) is 50.4 Å². The highest BCUT2D eigenvalue weighted by molar-refractivity contribution is 6.06. The van der Waals surface area contributed by atoms with E-state index in [2.05, 4.69) is 10.3 Å². The second-order valence-electron chi connectivity index (χ2n) is 7.39. The molecule has 0 aliphatic carbocycles. The summed E-state index contributed by atoms with van der Waals surface area (Å²) in [6.07, 6.45) is -2.93. The maximum Gasteiger partial charge on any atom is 0.433 e. The third-order valence-corrected chi connectivity index (χ3v) is 5.06. The van der Waals surface area contributed by atoms with Gasteiger partial charge in [-0.2, -0.15) is 13.2 Å². The zero-order chi connectivity index (χ0) is 21.9. The topological polar surface area (TPSA) is 60.2 Å². The normalized spacial score (nSPS) is 12.8. The van der Waals surface area contributed by atoms with Crippen LogP contribution in [0.1, 0.15) is 31.0 Å². The number of hydrogen-bond donors (Lipinski definition) is 2. The zero-order valence-electron chi connectivity index (χ0n) is 17.3. The molecule has 2 aromatic carbocycles. The minimum atomic E-state index is -4.53. The fourth-order valence-corrected chi connectivity index (χ4v) is 3.65. The fraction of sp³-hybridized carbons (Fsp3) is 0.348. The van der Waals surface area contributed by atoms with Gasteiger partial charge in [0.2, 0.25) is 0 Å². The second-order valence-corrected chi connectivity index (χ2v) is 7.39. The van der Waals surface area contributed by atoms with Crippen LogP contribution in [0.4, 0.5) is 18.9 Å². The summed E-state index contributed by atoms with van der Waals surface area (Å²) in [5.41, 5.74) is 7.55. The lowest BCUT2D eigenvalue weighted by Gasteiger charge is -2.22. The Labute approximate surface area is 174 Å². The molecular weight excluding hydrogens is 391 g/mol. The number of aromatic nitrogens is 1. The van der Waals surface area contributed by atoms with Gasteiger partial charge in [0, 0.05) is 23.1 Å². The molecule has 0 fully saturated rings. The number of hydrogen-bond acceptors (Lipinski definition) is 4. The third-order valence-electron chi connectivity index (χ3n) is 5.06. The van der Waals surface area contributed by atoms with Gasteiger partial charge in [0.15, 0.2) is 0 Å². The molecule has 3 aromatic rings. The Bertz CT molecular complexity index is 1020. The molecular formula is C23H26F3N3O. The Morgan fingerprint density at radius 1 is 1.17 bits per heavy atom. The summed E-state index contributed by atoms with van der Waals surface area (Å²) in [6.45, 7) is 4.20. The number of ether oxygens (including phenoxy) is 1. The molecule has 0 aliphatic rings. The molecule has 0 saturated heterocycles. The number of rotatable bonds is 7. The molecule has 0 aliphatic heterocycles. The highest BCUT2D eigenvalue weighted by atomic mass is 19.4. The van der Waals surface area contributed by atoms with Crippen molar-refractivity contribution in [2.75, 3.05) is 19.0 Å². The maximum atomic E-state index is 13.5. The molecule has 0 amide bonds. The molecule has 1 heterocycles. The van der Waals surface area contributed by atoms with E-state index in [-0.39, 0.29) is 11.6 Å². The Morgan fingerprint density at radius 2 is 1.87 bits per heavy atom. The van der Waals surface area contributed by atoms with Gasteiger partial charge < -0.3 is 15.8 Å². The van der Waals surface area contributed by atoms with E-state index >= 15 is 0 Å². The number of aryl methyl sites for hydroxylation is 1. The summed E-state index contributed by atoms with van der Waals surface area (Å²) in [6, 6.07) is 12.3. The van der Waals surface area contributed by atoms with Crippen molar-refractivity contribution in [3.63, 3.8) is 0 Å². The maximum absolute atomic E-state index is 13.5. The number of nitrogens with two attached hydrogens (primary N) is 1. The number of anilines is 1. The van der Waals surface area contributed by atoms with E-state index in [1.165, 1.54) is 0 Å². The molecule has 160 valence electrons. The van der Waals surface area contributed by atoms with Crippen molar-refractivity contribution >= 4 is 16.6 Å². The molecule has 7 heteroatoms. The molecule has 0 radical (unpaired) electrons. The van der Waals surface area contributed by atoms with Crippen LogP contribution in [-0.2, 0) is 6.18 Å². The van der Waals surface area contributed by atoms with Crippen LogP contribution in [0.15, 0.2) is 42.5 Å². The second kappa shape index (κ2) is 8.92. The molecule has 0 saturated carbocycles. The van der Waals surface area contributed by atoms with Gasteiger partial charge in [0.1, 0.15) is 11.4 Å². The van der Waals surface area contributed by atoms with E-state index in [0.29, 0.717) is 28.9 Å². The third kappa shape index (κ3) is 4.51. The van der Waals surface area contributed by atoms with Crippen molar-refractivity contribution in [1.29, 1.82) is 0 Å². The monoisotopic (exact) mass is 417 g/mol. The Morgan fingerprint density at radius 3 is 2.47 bits per heavy atom. The average Bonchev–Trinajstić information content (AvgIpc) is 2.72. The molecule has 1 unspecified atom stereocenters. The van der Waals surface area contributed by atoms with Crippen LogP contribution >= 0.6 is 0 Å². The van der Waals surface area contributed by atoms with Crippen LogP contribution < -0.4 is 15.8 Å². The van der Waals surface area contributed by atoms with Gasteiger partial charge >= 0.3 is 6.18 Å². The first-order chi connectivity index (χ1) is 14.3. The van der Waals surface area contributed by atoms with Crippen molar-refractivity contribution < 1.29 is 17.9 Å². The van der Waals surface area contributed by atoms with Crippen LogP contribution in [0.5, 0.6) is 5.75 Å². The van der Waals surface area contributed by atoms with Gasteiger partial charge in [-0.25, -0.2) is 4.98 Å². The molecule has 3 rings (SSSR count). The fourth-order valence-electron chi connectivity index (χ4n) is 3.65. The van der Waals surface area contributed by atoms with Crippen molar-refractivity contribution in [2.45, 2.75) is 38.9 Å². The molecule has 1 aromatic heterocycles. The smallest absolute Gasteiger partial charge is 0.433 e. The van der Waals surface area contributed by atoms with Crippen LogP contribution in [-0.4, -0.2) is 24.7 Å². The molecule has 0 bridgehead atoms. The standard InChI is InChI=1S/C23H26F3N3O/c1-14-12-19(23(24,25)26)29-22-17(28-15(2)8-7-11-27)13-18(30-3)21(20(14)22)16-9-5-4-6-10-16/h4-6,9-10,12-13,15,28H,7-8,11,27H2,1-3H3. The van der Waals surface area contributed by atoms with Crippen LogP contribution in [0, 0.1) is 6.92 Å². The van der Waals surface area contributed by atoms with E-state index in [9.17, 15) is 13.2 Å². The van der Waals surface area contributed by atoms with Crippen LogP contribution in [0.2, 0.25) is 0 Å². The molecule has 4 nitrogen and oxygen atoms in total. The Hall–Kier alpha value is -2.80. The summed E-state index contributed by atoms with van der Waals surface area (Å²) >= 11 is 0. The number of methoxy groups -OCH3 is 1. The molecule has 3 N–H and O–H groups in total. The van der Waals surface area contributed by atoms with Crippen molar-refractivity contribution in [3.8, 4) is 16.9 Å². The number of fused-ring (bicyclic) bond motifs is 1. The SMILES string of the molecule is COc1cc(NC(C)CCCN)c2nc(C(F)(F)F)cc(C)c2c1-c1ccccc1. The summed E-state index contributed by atoms with van der Waals surface area (Å²) < 4.78 is 46.2. The van der Waals surface area contributed by atoms with Gasteiger partial charge in [0.25, 0.3) is 0 Å². The molecule has 0 spiro atoms. The summed E-state index contributed by atoms with van der Waals surface area (Å²) in [4.78, 5) is 4.03. The number of pyridine rings is 1. The van der Waals surface area contributed by atoms with Gasteiger partial charge in [-0.15, -0.1) is 0 Å². The lowest BCUT2D eigenvalue weighted by molar-refractivity contribution is -0.141. The van der Waals surface area contributed by atoms with Crippen molar-refractivity contribution in [3.05, 3.63) is 53.7 Å². The number of nitrogens with one attached hydrogen (secondary N) is 1. The number of nitrogens with zero attached hydrogens (tertiary/aromatic N) is 1. The predicted molar refractivity (Wildman–Crippen MR) is 115 cm³/mol. The van der Waals surface area contributed by atoms with Gasteiger partial charge in [-0.3, -0.25) is 0 Å². The Balaban J connectivity index is 2.31. The first-order valence-corrected chi connectivity index (χ1v) is 9.87. The van der Waals surface area contributed by atoms with E-state index in [0.717, 1.165) is 30.0 Å². The quantitative estimate of drug-likeness (QED) is 0.512. The number of benzene rings is 2. The van der Waals surface area contributed by atoms with E-state index in [1.807, 2.05) is 37.3 Å². The Kier molecular flexibility index (Phi) is 6.51.